The Morgan fingerprint density at radius 3 is 2.51 bits per heavy atom. The molecule has 1 aliphatic rings. The van der Waals surface area contributed by atoms with E-state index in [1.165, 1.54) is 0 Å². The molecule has 4 rings (SSSR count). The van der Waals surface area contributed by atoms with Gasteiger partial charge in [0.1, 0.15) is 18.5 Å². The molecule has 1 aliphatic heterocycles. The van der Waals surface area contributed by atoms with Crippen molar-refractivity contribution in [3.05, 3.63) is 70.5 Å². The Hall–Kier alpha value is -2.90. The van der Waals surface area contributed by atoms with E-state index >= 15 is 0 Å². The number of nitrogens with zero attached hydrogens (tertiary/aromatic N) is 4. The van der Waals surface area contributed by atoms with Crippen LogP contribution in [0.3, 0.4) is 0 Å². The molecule has 11 heteroatoms. The minimum atomic E-state index is -3.24. The molecule has 0 bridgehead atoms. The van der Waals surface area contributed by atoms with Gasteiger partial charge in [0.15, 0.2) is 5.75 Å². The third kappa shape index (κ3) is 6.16. The zero-order valence-corrected chi connectivity index (χ0v) is 23.0. The Balaban J connectivity index is 1.53. The average Bonchev–Trinajstić information content (AvgIpc) is 2.84. The average molecular weight is 561 g/mol. The lowest BCUT2D eigenvalue weighted by Gasteiger charge is -2.39. The van der Waals surface area contributed by atoms with E-state index in [1.54, 1.807) is 18.5 Å². The summed E-state index contributed by atoms with van der Waals surface area (Å²) in [6, 6.07) is 13.7. The van der Waals surface area contributed by atoms with Gasteiger partial charge in [-0.3, -0.25) is 4.98 Å². The van der Waals surface area contributed by atoms with E-state index in [0.29, 0.717) is 41.1 Å². The standard InChI is InChI=1S/C26H27Cl2N5O3S/c1-26(2,20-10-18(12-29)25(22(28)11-20)36-9-8-27)19-6-4-17(5-7-19)23-13-30-14-24(31-23)33-15-21(16-33)32-37(3,34)35/h4-7,10-11,13-14,21,32H,8-9,15-16H2,1-3H3. The molecule has 0 unspecified atom stereocenters. The summed E-state index contributed by atoms with van der Waals surface area (Å²) < 4.78 is 31.0. The largest absolute Gasteiger partial charge is 0.489 e. The highest BCUT2D eigenvalue weighted by Gasteiger charge is 2.30. The predicted molar refractivity (Wildman–Crippen MR) is 146 cm³/mol. The van der Waals surface area contributed by atoms with Gasteiger partial charge in [-0.15, -0.1) is 11.6 Å². The first kappa shape index (κ1) is 27.1. The molecule has 194 valence electrons. The topological polar surface area (TPSA) is 108 Å². The van der Waals surface area contributed by atoms with Gasteiger partial charge < -0.3 is 9.64 Å². The number of benzene rings is 2. The lowest BCUT2D eigenvalue weighted by Crippen LogP contribution is -2.59. The van der Waals surface area contributed by atoms with Crippen molar-refractivity contribution in [2.45, 2.75) is 25.3 Å². The van der Waals surface area contributed by atoms with Crippen LogP contribution in [0.1, 0.15) is 30.5 Å². The Morgan fingerprint density at radius 1 is 1.19 bits per heavy atom. The molecule has 3 aromatic rings. The maximum Gasteiger partial charge on any atom is 0.209 e. The fourth-order valence-corrected chi connectivity index (χ4v) is 5.34. The Labute approximate surface area is 227 Å². The zero-order chi connectivity index (χ0) is 26.8. The summed E-state index contributed by atoms with van der Waals surface area (Å²) in [6.45, 7) is 5.49. The van der Waals surface area contributed by atoms with Crippen molar-refractivity contribution in [2.24, 2.45) is 0 Å². The molecule has 1 fully saturated rings. The van der Waals surface area contributed by atoms with E-state index in [-0.39, 0.29) is 12.6 Å². The number of halogens is 2. The van der Waals surface area contributed by atoms with Crippen molar-refractivity contribution in [1.82, 2.24) is 14.7 Å². The maximum absolute atomic E-state index is 11.4. The summed E-state index contributed by atoms with van der Waals surface area (Å²) in [5.41, 5.74) is 3.47. The number of hydrogen-bond donors (Lipinski definition) is 1. The lowest BCUT2D eigenvalue weighted by molar-refractivity contribution is 0.341. The van der Waals surface area contributed by atoms with Gasteiger partial charge in [-0.25, -0.2) is 18.1 Å². The second kappa shape index (κ2) is 10.8. The van der Waals surface area contributed by atoms with Crippen LogP contribution in [0.2, 0.25) is 5.02 Å². The van der Waals surface area contributed by atoms with Gasteiger partial charge in [-0.2, -0.15) is 5.26 Å². The summed E-state index contributed by atoms with van der Waals surface area (Å²) in [5.74, 6) is 1.34. The number of nitrogens with one attached hydrogen (secondary N) is 1. The summed E-state index contributed by atoms with van der Waals surface area (Å²) >= 11 is 12.2. The predicted octanol–water partition coefficient (Wildman–Crippen LogP) is 4.35. The molecular weight excluding hydrogens is 533 g/mol. The summed E-state index contributed by atoms with van der Waals surface area (Å²) in [4.78, 5) is 11.0. The molecule has 0 atom stereocenters. The fraction of sp³-hybridized carbons (Fsp3) is 0.346. The quantitative estimate of drug-likeness (QED) is 0.388. The van der Waals surface area contributed by atoms with Crippen LogP contribution in [0.25, 0.3) is 11.3 Å². The van der Waals surface area contributed by atoms with Crippen molar-refractivity contribution < 1.29 is 13.2 Å². The Morgan fingerprint density at radius 2 is 1.89 bits per heavy atom. The van der Waals surface area contributed by atoms with Crippen molar-refractivity contribution in [3.63, 3.8) is 0 Å². The number of ether oxygens (including phenoxy) is 1. The van der Waals surface area contributed by atoms with Gasteiger partial charge in [0, 0.05) is 24.1 Å². The molecule has 1 N–H and O–H groups in total. The molecule has 0 aliphatic carbocycles. The molecule has 0 saturated carbocycles. The van der Waals surface area contributed by atoms with Crippen molar-refractivity contribution >= 4 is 39.0 Å². The molecule has 8 nitrogen and oxygen atoms in total. The summed E-state index contributed by atoms with van der Waals surface area (Å²) in [5, 5.41) is 10.0. The molecule has 0 amide bonds. The van der Waals surface area contributed by atoms with Crippen LogP contribution in [0, 0.1) is 11.3 Å². The smallest absolute Gasteiger partial charge is 0.209 e. The van der Waals surface area contributed by atoms with Gasteiger partial charge in [0.2, 0.25) is 10.0 Å². The third-order valence-corrected chi connectivity index (χ3v) is 7.52. The first-order valence-corrected chi connectivity index (χ1v) is 14.4. The second-order valence-corrected chi connectivity index (χ2v) is 12.0. The fourth-order valence-electron chi connectivity index (χ4n) is 4.24. The third-order valence-electron chi connectivity index (χ3n) is 6.32. The molecule has 2 heterocycles. The summed E-state index contributed by atoms with van der Waals surface area (Å²) in [7, 11) is -3.24. The number of hydrogen-bond acceptors (Lipinski definition) is 7. The maximum atomic E-state index is 11.4. The van der Waals surface area contributed by atoms with Crippen LogP contribution >= 0.6 is 23.2 Å². The van der Waals surface area contributed by atoms with E-state index in [2.05, 4.69) is 29.6 Å². The van der Waals surface area contributed by atoms with Crippen LogP contribution in [0.5, 0.6) is 5.75 Å². The zero-order valence-electron chi connectivity index (χ0n) is 20.7. The Kier molecular flexibility index (Phi) is 7.95. The van der Waals surface area contributed by atoms with Crippen LogP contribution in [0.15, 0.2) is 48.8 Å². The summed E-state index contributed by atoms with van der Waals surface area (Å²) in [6.07, 6.45) is 4.54. The number of rotatable bonds is 9. The molecule has 0 spiro atoms. The van der Waals surface area contributed by atoms with Gasteiger partial charge in [-0.05, 0) is 23.3 Å². The highest BCUT2D eigenvalue weighted by atomic mass is 35.5. The minimum absolute atomic E-state index is 0.127. The van der Waals surface area contributed by atoms with Crippen LogP contribution < -0.4 is 14.4 Å². The number of aromatic nitrogens is 2. The normalized spacial score (nSPS) is 14.2. The van der Waals surface area contributed by atoms with Gasteiger partial charge in [0.05, 0.1) is 46.9 Å². The SMILES string of the molecule is CC(C)(c1ccc(-c2cncc(N3CC(NS(C)(=O)=O)C3)n2)cc1)c1cc(Cl)c(OCCCl)c(C#N)c1. The second-order valence-electron chi connectivity index (χ2n) is 9.44. The molecule has 1 saturated heterocycles. The monoisotopic (exact) mass is 559 g/mol. The van der Waals surface area contributed by atoms with E-state index in [1.807, 2.05) is 35.2 Å². The Bertz CT molecular complexity index is 1430. The van der Waals surface area contributed by atoms with Crippen LogP contribution in [-0.4, -0.2) is 56.3 Å². The van der Waals surface area contributed by atoms with Crippen molar-refractivity contribution in [2.75, 3.05) is 36.7 Å². The van der Waals surface area contributed by atoms with E-state index in [4.69, 9.17) is 32.9 Å². The van der Waals surface area contributed by atoms with E-state index in [0.717, 1.165) is 28.6 Å². The molecule has 2 aromatic carbocycles. The van der Waals surface area contributed by atoms with Gasteiger partial charge >= 0.3 is 0 Å². The number of alkyl halides is 1. The lowest BCUT2D eigenvalue weighted by atomic mass is 9.77. The highest BCUT2D eigenvalue weighted by molar-refractivity contribution is 7.88. The first-order valence-electron chi connectivity index (χ1n) is 11.6. The number of sulfonamides is 1. The number of nitriles is 1. The van der Waals surface area contributed by atoms with Crippen molar-refractivity contribution in [3.8, 4) is 23.1 Å². The molecule has 1 aromatic heterocycles. The van der Waals surface area contributed by atoms with E-state index < -0.39 is 15.4 Å². The molecule has 37 heavy (non-hydrogen) atoms. The van der Waals surface area contributed by atoms with Gasteiger partial charge in [-0.1, -0.05) is 49.7 Å². The first-order chi connectivity index (χ1) is 17.5. The van der Waals surface area contributed by atoms with E-state index in [9.17, 15) is 13.7 Å². The van der Waals surface area contributed by atoms with Gasteiger partial charge in [0.25, 0.3) is 0 Å². The molecule has 0 radical (unpaired) electrons. The number of anilines is 1. The van der Waals surface area contributed by atoms with Crippen molar-refractivity contribution in [1.29, 1.82) is 5.26 Å². The minimum Gasteiger partial charge on any atom is -0.489 e. The molecular formula is C26H27Cl2N5O3S. The van der Waals surface area contributed by atoms with Crippen LogP contribution in [-0.2, 0) is 15.4 Å². The van der Waals surface area contributed by atoms with Crippen LogP contribution in [0.4, 0.5) is 5.82 Å². The highest BCUT2D eigenvalue weighted by Crippen LogP contribution is 2.38.